The fourth-order valence-corrected chi connectivity index (χ4v) is 3.20. The predicted molar refractivity (Wildman–Crippen MR) is 97.6 cm³/mol. The van der Waals surface area contributed by atoms with Crippen molar-refractivity contribution in [2.45, 2.75) is 51.8 Å². The molecule has 1 saturated heterocycles. The van der Waals surface area contributed by atoms with E-state index in [0.29, 0.717) is 11.8 Å². The van der Waals surface area contributed by atoms with Gasteiger partial charge in [-0.15, -0.1) is 0 Å². The summed E-state index contributed by atoms with van der Waals surface area (Å²) in [6.07, 6.45) is 2.85. The molecule has 1 fully saturated rings. The van der Waals surface area contributed by atoms with Crippen LogP contribution in [-0.4, -0.2) is 28.2 Å². The van der Waals surface area contributed by atoms with Crippen LogP contribution in [-0.2, 0) is 4.74 Å². The molecule has 6 nitrogen and oxygen atoms in total. The molecule has 2 aromatic rings. The Balaban J connectivity index is 1.80. The van der Waals surface area contributed by atoms with Gasteiger partial charge in [0.15, 0.2) is 0 Å². The molecule has 25 heavy (non-hydrogen) atoms. The van der Waals surface area contributed by atoms with Crippen molar-refractivity contribution in [2.75, 3.05) is 10.2 Å². The molecule has 0 bridgehead atoms. The van der Waals surface area contributed by atoms with Gasteiger partial charge in [0, 0.05) is 6.20 Å². The average molecular weight is 340 g/mol. The molecule has 2 heterocycles. The molecule has 0 aliphatic carbocycles. The first-order chi connectivity index (χ1) is 12.1. The van der Waals surface area contributed by atoms with Crippen LogP contribution in [0.4, 0.5) is 16.6 Å². The Morgan fingerprint density at radius 1 is 1.20 bits per heavy atom. The van der Waals surface area contributed by atoms with Crippen LogP contribution in [0, 0.1) is 0 Å². The number of amides is 1. The van der Waals surface area contributed by atoms with Crippen LogP contribution >= 0.6 is 0 Å². The maximum absolute atomic E-state index is 12.3. The van der Waals surface area contributed by atoms with Crippen molar-refractivity contribution in [1.29, 1.82) is 0 Å². The summed E-state index contributed by atoms with van der Waals surface area (Å²) in [6, 6.07) is 11.9. The van der Waals surface area contributed by atoms with E-state index in [0.717, 1.165) is 18.4 Å². The first kappa shape index (κ1) is 17.2. The van der Waals surface area contributed by atoms with E-state index < -0.39 is 0 Å². The molecule has 132 valence electrons. The van der Waals surface area contributed by atoms with Crippen molar-refractivity contribution in [3.8, 4) is 0 Å². The smallest absolute Gasteiger partial charge is 0.416 e. The molecule has 0 spiro atoms. The normalized spacial score (nSPS) is 21.1. The summed E-state index contributed by atoms with van der Waals surface area (Å²) in [6.45, 7) is 6.14. The minimum atomic E-state index is -0.334. The molecule has 1 aliphatic heterocycles. The van der Waals surface area contributed by atoms with Crippen molar-refractivity contribution in [3.05, 3.63) is 48.2 Å². The molecule has 3 rings (SSSR count). The Morgan fingerprint density at radius 3 is 2.64 bits per heavy atom. The van der Waals surface area contributed by atoms with Gasteiger partial charge >= 0.3 is 6.09 Å². The zero-order valence-electron chi connectivity index (χ0n) is 14.8. The molecular formula is C19H24N4O2. The number of carbonyl (C=O) groups excluding carboxylic acids is 1. The van der Waals surface area contributed by atoms with Gasteiger partial charge < -0.3 is 10.1 Å². The van der Waals surface area contributed by atoms with Crippen LogP contribution in [0.5, 0.6) is 0 Å². The third-order valence-electron chi connectivity index (χ3n) is 4.56. The van der Waals surface area contributed by atoms with Gasteiger partial charge in [-0.25, -0.2) is 9.78 Å². The highest BCUT2D eigenvalue weighted by Gasteiger charge is 2.41. The van der Waals surface area contributed by atoms with Crippen LogP contribution in [0.25, 0.3) is 0 Å². The van der Waals surface area contributed by atoms with Gasteiger partial charge in [-0.2, -0.15) is 4.98 Å². The molecule has 0 unspecified atom stereocenters. The Hall–Kier alpha value is -2.63. The number of nitrogens with zero attached hydrogens (tertiary/aromatic N) is 3. The van der Waals surface area contributed by atoms with Crippen LogP contribution in [0.15, 0.2) is 42.6 Å². The van der Waals surface area contributed by atoms with Crippen LogP contribution in [0.3, 0.4) is 0 Å². The monoisotopic (exact) mass is 340 g/mol. The predicted octanol–water partition coefficient (Wildman–Crippen LogP) is 4.16. The SMILES string of the molecule is CC[C@H]1OC(=O)N(c2ccnc(N[C@@H](C)c3ccccc3)n2)[C@H]1CC. The van der Waals surface area contributed by atoms with E-state index in [9.17, 15) is 4.79 Å². The van der Waals surface area contributed by atoms with Crippen LogP contribution < -0.4 is 10.2 Å². The summed E-state index contributed by atoms with van der Waals surface area (Å²) in [4.78, 5) is 22.8. The van der Waals surface area contributed by atoms with E-state index in [-0.39, 0.29) is 24.3 Å². The lowest BCUT2D eigenvalue weighted by Crippen LogP contribution is -2.36. The average Bonchev–Trinajstić information content (AvgIpc) is 2.98. The highest BCUT2D eigenvalue weighted by molar-refractivity contribution is 5.89. The van der Waals surface area contributed by atoms with Gasteiger partial charge in [-0.1, -0.05) is 44.2 Å². The number of aromatic nitrogens is 2. The number of anilines is 2. The fourth-order valence-electron chi connectivity index (χ4n) is 3.20. The van der Waals surface area contributed by atoms with Gasteiger partial charge in [-0.3, -0.25) is 4.90 Å². The zero-order valence-corrected chi connectivity index (χ0v) is 14.8. The number of cyclic esters (lactones) is 1. The van der Waals surface area contributed by atoms with E-state index in [2.05, 4.69) is 41.3 Å². The van der Waals surface area contributed by atoms with Crippen molar-refractivity contribution < 1.29 is 9.53 Å². The van der Waals surface area contributed by atoms with Crippen LogP contribution in [0.1, 0.15) is 45.2 Å². The summed E-state index contributed by atoms with van der Waals surface area (Å²) in [5, 5.41) is 3.29. The molecule has 1 N–H and O–H groups in total. The second kappa shape index (κ2) is 7.51. The number of hydrogen-bond donors (Lipinski definition) is 1. The van der Waals surface area contributed by atoms with Crippen LogP contribution in [0.2, 0.25) is 0 Å². The largest absolute Gasteiger partial charge is 0.444 e. The first-order valence-corrected chi connectivity index (χ1v) is 8.78. The minimum absolute atomic E-state index is 0.00629. The lowest BCUT2D eigenvalue weighted by Gasteiger charge is -2.22. The lowest BCUT2D eigenvalue weighted by molar-refractivity contribution is 0.128. The summed E-state index contributed by atoms with van der Waals surface area (Å²) < 4.78 is 5.48. The number of rotatable bonds is 6. The number of carbonyl (C=O) groups is 1. The number of ether oxygens (including phenoxy) is 1. The first-order valence-electron chi connectivity index (χ1n) is 8.78. The van der Waals surface area contributed by atoms with Gasteiger partial charge in [0.25, 0.3) is 0 Å². The summed E-state index contributed by atoms with van der Waals surface area (Å²) in [5.41, 5.74) is 1.15. The van der Waals surface area contributed by atoms with Crippen molar-refractivity contribution in [2.24, 2.45) is 0 Å². The quantitative estimate of drug-likeness (QED) is 0.855. The lowest BCUT2D eigenvalue weighted by atomic mass is 10.1. The summed E-state index contributed by atoms with van der Waals surface area (Å²) >= 11 is 0. The topological polar surface area (TPSA) is 67.3 Å². The fraction of sp³-hybridized carbons (Fsp3) is 0.421. The highest BCUT2D eigenvalue weighted by Crippen LogP contribution is 2.29. The van der Waals surface area contributed by atoms with Gasteiger partial charge in [0.05, 0.1) is 12.1 Å². The number of benzene rings is 1. The molecule has 6 heteroatoms. The third kappa shape index (κ3) is 3.57. The molecule has 3 atom stereocenters. The van der Waals surface area contributed by atoms with E-state index in [4.69, 9.17) is 4.74 Å². The highest BCUT2D eigenvalue weighted by atomic mass is 16.6. The molecule has 1 amide bonds. The molecular weight excluding hydrogens is 316 g/mol. The van der Waals surface area contributed by atoms with E-state index in [1.807, 2.05) is 25.1 Å². The van der Waals surface area contributed by atoms with Crippen molar-refractivity contribution >= 4 is 17.9 Å². The Morgan fingerprint density at radius 2 is 1.96 bits per heavy atom. The number of hydrogen-bond acceptors (Lipinski definition) is 5. The minimum Gasteiger partial charge on any atom is -0.444 e. The Kier molecular flexibility index (Phi) is 5.16. The van der Waals surface area contributed by atoms with Gasteiger partial charge in [0.1, 0.15) is 11.9 Å². The van der Waals surface area contributed by atoms with E-state index in [1.54, 1.807) is 17.2 Å². The Bertz CT molecular complexity index is 722. The van der Waals surface area contributed by atoms with Gasteiger partial charge in [0.2, 0.25) is 5.95 Å². The standard InChI is InChI=1S/C19H24N4O2/c1-4-15-16(5-2)25-19(24)23(15)17-11-12-20-18(22-17)21-13(3)14-9-7-6-8-10-14/h6-13,15-16H,4-5H2,1-3H3,(H,20,21,22)/t13-,15-,16+/m0/s1. The molecule has 1 aliphatic rings. The number of nitrogens with one attached hydrogen (secondary N) is 1. The second-order valence-electron chi connectivity index (χ2n) is 6.19. The van der Waals surface area contributed by atoms with Gasteiger partial charge in [-0.05, 0) is 31.4 Å². The maximum Gasteiger partial charge on any atom is 0.416 e. The molecule has 1 aromatic heterocycles. The zero-order chi connectivity index (χ0) is 17.8. The third-order valence-corrected chi connectivity index (χ3v) is 4.56. The van der Waals surface area contributed by atoms with E-state index in [1.165, 1.54) is 0 Å². The second-order valence-corrected chi connectivity index (χ2v) is 6.19. The maximum atomic E-state index is 12.3. The summed E-state index contributed by atoms with van der Waals surface area (Å²) in [5.74, 6) is 1.07. The molecule has 0 radical (unpaired) electrons. The van der Waals surface area contributed by atoms with Crippen molar-refractivity contribution in [1.82, 2.24) is 9.97 Å². The van der Waals surface area contributed by atoms with Crippen molar-refractivity contribution in [3.63, 3.8) is 0 Å². The summed E-state index contributed by atoms with van der Waals surface area (Å²) in [7, 11) is 0. The van der Waals surface area contributed by atoms with E-state index >= 15 is 0 Å². The Labute approximate surface area is 148 Å². The molecule has 0 saturated carbocycles. The molecule has 1 aromatic carbocycles.